The van der Waals surface area contributed by atoms with Gasteiger partial charge in [0.15, 0.2) is 5.69 Å². The molecule has 1 N–H and O–H groups in total. The second kappa shape index (κ2) is 7.52. The Balaban J connectivity index is 2.30. The molecule has 9 heteroatoms. The molecule has 25 heavy (non-hydrogen) atoms. The molecule has 0 saturated heterocycles. The summed E-state index contributed by atoms with van der Waals surface area (Å²) >= 11 is 6.02. The van der Waals surface area contributed by atoms with E-state index in [0.29, 0.717) is 11.5 Å². The predicted molar refractivity (Wildman–Crippen MR) is 92.2 cm³/mol. The van der Waals surface area contributed by atoms with Crippen LogP contribution >= 0.6 is 11.6 Å². The van der Waals surface area contributed by atoms with Crippen LogP contribution < -0.4 is 5.32 Å². The maximum Gasteiger partial charge on any atom is 0.412 e. The Morgan fingerprint density at radius 2 is 2.04 bits per heavy atom. The topological polar surface area (TPSA) is 95.3 Å². The standard InChI is InChI=1S/C16H19ClN4O4/c1-5-24-14(22)11-8-18-9-21(11)13-7-10(6-12(17)20-13)19-15(23)25-16(2,3)4/h6-9H,5H2,1-4H3,(H,19,20,23). The molecule has 0 radical (unpaired) electrons. The molecule has 0 spiro atoms. The van der Waals surface area contributed by atoms with Crippen molar-refractivity contribution in [3.63, 3.8) is 0 Å². The van der Waals surface area contributed by atoms with Gasteiger partial charge < -0.3 is 9.47 Å². The maximum absolute atomic E-state index is 12.0. The summed E-state index contributed by atoms with van der Waals surface area (Å²) in [6.45, 7) is 7.22. The fourth-order valence-electron chi connectivity index (χ4n) is 1.93. The van der Waals surface area contributed by atoms with Gasteiger partial charge in [-0.3, -0.25) is 9.88 Å². The number of pyridine rings is 1. The molecule has 2 aromatic rings. The molecule has 134 valence electrons. The molecule has 0 unspecified atom stereocenters. The van der Waals surface area contributed by atoms with Crippen molar-refractivity contribution in [1.82, 2.24) is 14.5 Å². The smallest absolute Gasteiger partial charge is 0.412 e. The van der Waals surface area contributed by atoms with E-state index in [2.05, 4.69) is 15.3 Å². The molecule has 8 nitrogen and oxygen atoms in total. The molecule has 0 bridgehead atoms. The van der Waals surface area contributed by atoms with Crippen molar-refractivity contribution < 1.29 is 19.1 Å². The van der Waals surface area contributed by atoms with Gasteiger partial charge in [-0.1, -0.05) is 11.6 Å². The van der Waals surface area contributed by atoms with Crippen molar-refractivity contribution in [3.8, 4) is 5.82 Å². The van der Waals surface area contributed by atoms with Crippen molar-refractivity contribution in [1.29, 1.82) is 0 Å². The van der Waals surface area contributed by atoms with Crippen molar-refractivity contribution >= 4 is 29.4 Å². The largest absolute Gasteiger partial charge is 0.461 e. The highest BCUT2D eigenvalue weighted by Gasteiger charge is 2.18. The van der Waals surface area contributed by atoms with Crippen molar-refractivity contribution in [2.24, 2.45) is 0 Å². The second-order valence-corrected chi connectivity index (χ2v) is 6.42. The minimum atomic E-state index is -0.634. The molecule has 0 saturated carbocycles. The highest BCUT2D eigenvalue weighted by Crippen LogP contribution is 2.20. The summed E-state index contributed by atoms with van der Waals surface area (Å²) in [5.74, 6) is -0.234. The van der Waals surface area contributed by atoms with E-state index < -0.39 is 17.7 Å². The van der Waals surface area contributed by atoms with Gasteiger partial charge in [-0.2, -0.15) is 0 Å². The van der Waals surface area contributed by atoms with Crippen LogP contribution in [0, 0.1) is 0 Å². The number of hydrogen-bond donors (Lipinski definition) is 1. The lowest BCUT2D eigenvalue weighted by molar-refractivity contribution is 0.0516. The number of aromatic nitrogens is 3. The third kappa shape index (κ3) is 5.18. The summed E-state index contributed by atoms with van der Waals surface area (Å²) in [5, 5.41) is 2.71. The molecule has 0 aliphatic carbocycles. The quantitative estimate of drug-likeness (QED) is 0.657. The van der Waals surface area contributed by atoms with E-state index in [9.17, 15) is 9.59 Å². The highest BCUT2D eigenvalue weighted by atomic mass is 35.5. The van der Waals surface area contributed by atoms with Crippen molar-refractivity contribution in [2.45, 2.75) is 33.3 Å². The van der Waals surface area contributed by atoms with Crippen molar-refractivity contribution in [3.05, 3.63) is 35.5 Å². The average Bonchev–Trinajstić information content (AvgIpc) is 2.94. The highest BCUT2D eigenvalue weighted by molar-refractivity contribution is 6.29. The number of imidazole rings is 1. The molecule has 0 fully saturated rings. The first-order valence-corrected chi connectivity index (χ1v) is 7.95. The Hall–Kier alpha value is -2.61. The number of amides is 1. The lowest BCUT2D eigenvalue weighted by Crippen LogP contribution is -2.27. The average molecular weight is 367 g/mol. The normalized spacial score (nSPS) is 11.1. The van der Waals surface area contributed by atoms with Crippen LogP contribution in [0.4, 0.5) is 10.5 Å². The lowest BCUT2D eigenvalue weighted by Gasteiger charge is -2.19. The Morgan fingerprint density at radius 1 is 1.32 bits per heavy atom. The molecule has 2 heterocycles. The third-order valence-electron chi connectivity index (χ3n) is 2.80. The Bertz CT molecular complexity index is 783. The number of ether oxygens (including phenoxy) is 2. The zero-order valence-corrected chi connectivity index (χ0v) is 15.1. The van der Waals surface area contributed by atoms with Gasteiger partial charge in [0.1, 0.15) is 22.9 Å². The van der Waals surface area contributed by atoms with Gasteiger partial charge in [0, 0.05) is 6.07 Å². The van der Waals surface area contributed by atoms with E-state index in [1.807, 2.05) is 0 Å². The zero-order chi connectivity index (χ0) is 18.6. The maximum atomic E-state index is 12.0. The van der Waals surface area contributed by atoms with E-state index in [0.717, 1.165) is 0 Å². The summed E-state index contributed by atoms with van der Waals surface area (Å²) in [6.07, 6.45) is 2.14. The van der Waals surface area contributed by atoms with Gasteiger partial charge in [-0.05, 0) is 33.8 Å². The minimum Gasteiger partial charge on any atom is -0.461 e. The van der Waals surface area contributed by atoms with Crippen LogP contribution in [-0.4, -0.2) is 38.8 Å². The first-order chi connectivity index (χ1) is 11.7. The number of anilines is 1. The number of nitrogens with one attached hydrogen (secondary N) is 1. The molecule has 0 aromatic carbocycles. The lowest BCUT2D eigenvalue weighted by atomic mass is 10.2. The van der Waals surface area contributed by atoms with Gasteiger partial charge in [0.25, 0.3) is 0 Å². The number of nitrogens with zero attached hydrogens (tertiary/aromatic N) is 3. The molecule has 0 atom stereocenters. The molecule has 2 aromatic heterocycles. The SMILES string of the molecule is CCOC(=O)c1cncn1-c1cc(NC(=O)OC(C)(C)C)cc(Cl)n1. The molecule has 2 rings (SSSR count). The van der Waals surface area contributed by atoms with Gasteiger partial charge >= 0.3 is 12.1 Å². The molecule has 0 aliphatic rings. The van der Waals surface area contributed by atoms with Crippen molar-refractivity contribution in [2.75, 3.05) is 11.9 Å². The van der Waals surface area contributed by atoms with Crippen LogP contribution in [0.2, 0.25) is 5.15 Å². The number of halogens is 1. The van der Waals surface area contributed by atoms with E-state index >= 15 is 0 Å². The fourth-order valence-corrected chi connectivity index (χ4v) is 2.14. The first-order valence-electron chi connectivity index (χ1n) is 7.57. The van der Waals surface area contributed by atoms with Crippen LogP contribution in [0.1, 0.15) is 38.2 Å². The summed E-state index contributed by atoms with van der Waals surface area (Å²) in [7, 11) is 0. The molecule has 1 amide bonds. The number of carbonyl (C=O) groups is 2. The summed E-state index contributed by atoms with van der Waals surface area (Å²) in [6, 6.07) is 3.01. The third-order valence-corrected chi connectivity index (χ3v) is 2.99. The molecular weight excluding hydrogens is 348 g/mol. The minimum absolute atomic E-state index is 0.132. The van der Waals surface area contributed by atoms with Gasteiger partial charge in [-0.15, -0.1) is 0 Å². The van der Waals surface area contributed by atoms with Crippen LogP contribution in [0.15, 0.2) is 24.7 Å². The summed E-state index contributed by atoms with van der Waals surface area (Å²) < 4.78 is 11.6. The molecule has 0 aliphatic heterocycles. The Kier molecular flexibility index (Phi) is 5.63. The van der Waals surface area contributed by atoms with Crippen LogP contribution in [-0.2, 0) is 9.47 Å². The van der Waals surface area contributed by atoms with Crippen LogP contribution in [0.5, 0.6) is 0 Å². The fraction of sp³-hybridized carbons (Fsp3) is 0.375. The van der Waals surface area contributed by atoms with Gasteiger partial charge in [0.05, 0.1) is 18.5 Å². The Morgan fingerprint density at radius 3 is 2.68 bits per heavy atom. The first kappa shape index (κ1) is 18.7. The van der Waals surface area contributed by atoms with E-state index in [1.54, 1.807) is 33.8 Å². The Labute approximate surface area is 150 Å². The summed E-state index contributed by atoms with van der Waals surface area (Å²) in [5.41, 5.74) is -0.0712. The van der Waals surface area contributed by atoms with Crippen LogP contribution in [0.25, 0.3) is 5.82 Å². The number of rotatable bonds is 4. The van der Waals surface area contributed by atoms with Crippen LogP contribution in [0.3, 0.4) is 0 Å². The number of esters is 1. The predicted octanol–water partition coefficient (Wildman–Crippen LogP) is 3.44. The second-order valence-electron chi connectivity index (χ2n) is 6.03. The van der Waals surface area contributed by atoms with E-state index in [4.69, 9.17) is 21.1 Å². The summed E-state index contributed by atoms with van der Waals surface area (Å²) in [4.78, 5) is 32.0. The zero-order valence-electron chi connectivity index (χ0n) is 14.4. The monoisotopic (exact) mass is 366 g/mol. The van der Waals surface area contributed by atoms with Gasteiger partial charge in [0.2, 0.25) is 0 Å². The van der Waals surface area contributed by atoms with E-state index in [1.165, 1.54) is 23.2 Å². The molecular formula is C16H19ClN4O4. The number of hydrogen-bond acceptors (Lipinski definition) is 6. The van der Waals surface area contributed by atoms with E-state index in [-0.39, 0.29) is 17.5 Å². The number of carbonyl (C=O) groups excluding carboxylic acids is 2. The van der Waals surface area contributed by atoms with Gasteiger partial charge in [-0.25, -0.2) is 19.6 Å².